The van der Waals surface area contributed by atoms with Crippen LogP contribution in [0, 0.1) is 0 Å². The first kappa shape index (κ1) is 11.9. The molecule has 1 fully saturated rings. The van der Waals surface area contributed by atoms with Gasteiger partial charge in [-0.15, -0.1) is 0 Å². The third-order valence-electron chi connectivity index (χ3n) is 2.50. The van der Waals surface area contributed by atoms with E-state index in [0.29, 0.717) is 18.0 Å². The minimum atomic E-state index is -0.428. The quantitative estimate of drug-likeness (QED) is 0.827. The van der Waals surface area contributed by atoms with Crippen molar-refractivity contribution >= 4 is 23.5 Å². The maximum Gasteiger partial charge on any atom is 0.336 e. The Labute approximate surface area is 104 Å². The first-order valence-electron chi connectivity index (χ1n) is 5.41. The van der Waals surface area contributed by atoms with E-state index in [9.17, 15) is 9.59 Å². The number of amides is 1. The third-order valence-corrected chi connectivity index (χ3v) is 2.76. The van der Waals surface area contributed by atoms with Gasteiger partial charge in [-0.05, 0) is 24.1 Å². The molecule has 4 nitrogen and oxygen atoms in total. The van der Waals surface area contributed by atoms with E-state index < -0.39 is 5.97 Å². The Balaban J connectivity index is 1.88. The van der Waals surface area contributed by atoms with Crippen LogP contribution in [0.5, 0.6) is 0 Å². The number of hydrogen-bond donors (Lipinski definition) is 0. The second kappa shape index (κ2) is 5.19. The number of hydrogen-bond acceptors (Lipinski definition) is 3. The summed E-state index contributed by atoms with van der Waals surface area (Å²) in [4.78, 5) is 27.8. The van der Waals surface area contributed by atoms with Crippen LogP contribution in [-0.4, -0.2) is 23.5 Å². The lowest BCUT2D eigenvalue weighted by Crippen LogP contribution is -2.29. The fourth-order valence-corrected chi connectivity index (χ4v) is 1.77. The molecule has 1 saturated heterocycles. The van der Waals surface area contributed by atoms with Gasteiger partial charge in [-0.25, -0.2) is 4.79 Å². The van der Waals surface area contributed by atoms with E-state index in [1.165, 1.54) is 0 Å². The number of rotatable bonds is 3. The number of hydroxylamine groups is 2. The summed E-state index contributed by atoms with van der Waals surface area (Å²) in [5.74, 6) is -0.558. The highest BCUT2D eigenvalue weighted by atomic mass is 35.5. The molecule has 0 N–H and O–H groups in total. The monoisotopic (exact) mass is 253 g/mol. The van der Waals surface area contributed by atoms with Gasteiger partial charge in [0.2, 0.25) is 0 Å². The maximum atomic E-state index is 11.5. The first-order chi connectivity index (χ1) is 8.15. The molecule has 2 rings (SSSR count). The Morgan fingerprint density at radius 3 is 2.65 bits per heavy atom. The minimum absolute atomic E-state index is 0.130. The summed E-state index contributed by atoms with van der Waals surface area (Å²) < 4.78 is 0. The second-order valence-electron chi connectivity index (χ2n) is 3.87. The average molecular weight is 254 g/mol. The van der Waals surface area contributed by atoms with E-state index in [-0.39, 0.29) is 12.3 Å². The van der Waals surface area contributed by atoms with E-state index in [1.54, 1.807) is 24.3 Å². The molecular formula is C12H12ClNO3. The Morgan fingerprint density at radius 1 is 1.35 bits per heavy atom. The van der Waals surface area contributed by atoms with Crippen LogP contribution >= 0.6 is 11.6 Å². The van der Waals surface area contributed by atoms with Crippen LogP contribution in [0.25, 0.3) is 0 Å². The highest BCUT2D eigenvalue weighted by Crippen LogP contribution is 2.13. The molecule has 0 saturated carbocycles. The first-order valence-corrected chi connectivity index (χ1v) is 5.78. The summed E-state index contributed by atoms with van der Waals surface area (Å²) in [7, 11) is 0. The van der Waals surface area contributed by atoms with Gasteiger partial charge < -0.3 is 4.84 Å². The van der Waals surface area contributed by atoms with Crippen LogP contribution in [-0.2, 0) is 20.8 Å². The summed E-state index contributed by atoms with van der Waals surface area (Å²) in [5, 5.41) is 1.76. The summed E-state index contributed by atoms with van der Waals surface area (Å²) in [6.45, 7) is 0.491. The zero-order chi connectivity index (χ0) is 12.3. The Morgan fingerprint density at radius 2 is 2.06 bits per heavy atom. The molecule has 0 unspecified atom stereocenters. The van der Waals surface area contributed by atoms with Crippen LogP contribution < -0.4 is 0 Å². The lowest BCUT2D eigenvalue weighted by atomic mass is 10.2. The van der Waals surface area contributed by atoms with Gasteiger partial charge in [-0.2, -0.15) is 5.06 Å². The second-order valence-corrected chi connectivity index (χ2v) is 4.30. The molecule has 1 aromatic carbocycles. The largest absolute Gasteiger partial charge is 0.338 e. The zero-order valence-corrected chi connectivity index (χ0v) is 9.94. The number of benzene rings is 1. The SMILES string of the molecule is O=C(Cc1ccc(Cl)cc1)ON1CCCC1=O. The van der Waals surface area contributed by atoms with Crippen molar-refractivity contribution in [1.29, 1.82) is 0 Å². The predicted octanol–water partition coefficient (Wildman–Crippen LogP) is 1.96. The Bertz CT molecular complexity index is 430. The fraction of sp³-hybridized carbons (Fsp3) is 0.333. The van der Waals surface area contributed by atoms with Crippen molar-refractivity contribution in [3.05, 3.63) is 34.9 Å². The molecule has 90 valence electrons. The molecule has 17 heavy (non-hydrogen) atoms. The van der Waals surface area contributed by atoms with Crippen LogP contribution in [0.3, 0.4) is 0 Å². The molecule has 1 aromatic rings. The molecule has 0 aliphatic carbocycles. The van der Waals surface area contributed by atoms with Crippen molar-refractivity contribution in [3.63, 3.8) is 0 Å². The van der Waals surface area contributed by atoms with E-state index in [4.69, 9.17) is 16.4 Å². The third kappa shape index (κ3) is 3.20. The summed E-state index contributed by atoms with van der Waals surface area (Å²) >= 11 is 5.74. The molecule has 0 atom stereocenters. The van der Waals surface area contributed by atoms with Gasteiger partial charge in [0, 0.05) is 11.4 Å². The molecule has 1 heterocycles. The number of halogens is 1. The van der Waals surface area contributed by atoms with Crippen molar-refractivity contribution in [2.45, 2.75) is 19.3 Å². The predicted molar refractivity (Wildman–Crippen MR) is 62.2 cm³/mol. The van der Waals surface area contributed by atoms with E-state index in [2.05, 4.69) is 0 Å². The lowest BCUT2D eigenvalue weighted by molar-refractivity contribution is -0.192. The molecular weight excluding hydrogens is 242 g/mol. The topological polar surface area (TPSA) is 46.6 Å². The minimum Gasteiger partial charge on any atom is -0.338 e. The van der Waals surface area contributed by atoms with Gasteiger partial charge in [0.25, 0.3) is 5.91 Å². The summed E-state index contributed by atoms with van der Waals surface area (Å²) in [6, 6.07) is 6.95. The van der Waals surface area contributed by atoms with Crippen molar-refractivity contribution in [1.82, 2.24) is 5.06 Å². The van der Waals surface area contributed by atoms with Gasteiger partial charge in [0.1, 0.15) is 0 Å². The molecule has 1 aliphatic heterocycles. The number of nitrogens with zero attached hydrogens (tertiary/aromatic N) is 1. The molecule has 5 heteroatoms. The molecule has 1 amide bonds. The van der Waals surface area contributed by atoms with Crippen LogP contribution in [0.4, 0.5) is 0 Å². The highest BCUT2D eigenvalue weighted by molar-refractivity contribution is 6.30. The standard InChI is InChI=1S/C12H12ClNO3/c13-10-5-3-9(4-6-10)8-12(16)17-14-7-1-2-11(14)15/h3-6H,1-2,7-8H2. The van der Waals surface area contributed by atoms with E-state index in [1.807, 2.05) is 0 Å². The Hall–Kier alpha value is -1.55. The summed E-state index contributed by atoms with van der Waals surface area (Å²) in [6.07, 6.45) is 1.34. The molecule has 0 radical (unpaired) electrons. The molecule has 0 aromatic heterocycles. The molecule has 1 aliphatic rings. The highest BCUT2D eigenvalue weighted by Gasteiger charge is 2.24. The van der Waals surface area contributed by atoms with Gasteiger partial charge in [-0.1, -0.05) is 23.7 Å². The van der Waals surface area contributed by atoms with Crippen molar-refractivity contribution in [2.75, 3.05) is 6.54 Å². The van der Waals surface area contributed by atoms with E-state index >= 15 is 0 Å². The maximum absolute atomic E-state index is 11.5. The zero-order valence-electron chi connectivity index (χ0n) is 9.19. The fourth-order valence-electron chi connectivity index (χ4n) is 1.64. The smallest absolute Gasteiger partial charge is 0.336 e. The summed E-state index contributed by atoms with van der Waals surface area (Å²) in [5.41, 5.74) is 0.811. The van der Waals surface area contributed by atoms with Crippen LogP contribution in [0.15, 0.2) is 24.3 Å². The number of carbonyl (C=O) groups is 2. The molecule has 0 bridgehead atoms. The Kier molecular flexibility index (Phi) is 3.64. The lowest BCUT2D eigenvalue weighted by Gasteiger charge is -2.14. The van der Waals surface area contributed by atoms with E-state index in [0.717, 1.165) is 17.0 Å². The van der Waals surface area contributed by atoms with Crippen LogP contribution in [0.1, 0.15) is 18.4 Å². The van der Waals surface area contributed by atoms with Crippen molar-refractivity contribution in [2.24, 2.45) is 0 Å². The van der Waals surface area contributed by atoms with Crippen molar-refractivity contribution in [3.8, 4) is 0 Å². The number of carbonyl (C=O) groups excluding carboxylic acids is 2. The van der Waals surface area contributed by atoms with Crippen molar-refractivity contribution < 1.29 is 14.4 Å². The van der Waals surface area contributed by atoms with Gasteiger partial charge in [-0.3, -0.25) is 4.79 Å². The molecule has 0 spiro atoms. The normalized spacial score (nSPS) is 15.1. The van der Waals surface area contributed by atoms with Crippen LogP contribution in [0.2, 0.25) is 5.02 Å². The van der Waals surface area contributed by atoms with Gasteiger partial charge >= 0.3 is 5.97 Å². The van der Waals surface area contributed by atoms with Gasteiger partial charge in [0.05, 0.1) is 13.0 Å². The average Bonchev–Trinajstić information content (AvgIpc) is 2.68. The van der Waals surface area contributed by atoms with Gasteiger partial charge in [0.15, 0.2) is 0 Å².